The molecule has 0 aliphatic rings. The molecule has 2 aromatic rings. The third-order valence-corrected chi connectivity index (χ3v) is 3.40. The van der Waals surface area contributed by atoms with E-state index in [1.807, 2.05) is 56.3 Å². The van der Waals surface area contributed by atoms with Crippen LogP contribution < -0.4 is 19.7 Å². The third-order valence-electron chi connectivity index (χ3n) is 3.40. The summed E-state index contributed by atoms with van der Waals surface area (Å²) >= 11 is 0. The zero-order chi connectivity index (χ0) is 18.2. The van der Waals surface area contributed by atoms with Gasteiger partial charge in [0, 0.05) is 31.5 Å². The second-order valence-corrected chi connectivity index (χ2v) is 5.48. The number of nitrogens with one attached hydrogen (secondary N) is 1. The minimum Gasteiger partial charge on any atom is -0.490 e. The molecule has 0 aliphatic heterocycles. The summed E-state index contributed by atoms with van der Waals surface area (Å²) in [6.07, 6.45) is 0. The Morgan fingerprint density at radius 1 is 1.12 bits per heavy atom. The summed E-state index contributed by atoms with van der Waals surface area (Å²) in [6, 6.07) is 14.4. The van der Waals surface area contributed by atoms with Crippen LogP contribution in [0, 0.1) is 11.3 Å². The standard InChI is InChI=1S/C19H21N3O3/c1-4-24-18-11-14(12-20)5-10-17(18)25-13-19(23)21-15-6-8-16(9-7-15)22(2)3/h5-11H,4,13H2,1-3H3,(H,21,23). The lowest BCUT2D eigenvalue weighted by molar-refractivity contribution is -0.118. The number of anilines is 2. The molecule has 0 saturated carbocycles. The number of hydrogen-bond donors (Lipinski definition) is 1. The topological polar surface area (TPSA) is 74.6 Å². The predicted octanol–water partition coefficient (Wildman–Crippen LogP) is 3.04. The number of carbonyl (C=O) groups excluding carboxylic acids is 1. The monoisotopic (exact) mass is 339 g/mol. The minimum atomic E-state index is -0.274. The van der Waals surface area contributed by atoms with E-state index in [-0.39, 0.29) is 12.5 Å². The van der Waals surface area contributed by atoms with Crippen molar-refractivity contribution in [2.75, 3.05) is 37.5 Å². The summed E-state index contributed by atoms with van der Waals surface area (Å²) in [5, 5.41) is 11.7. The van der Waals surface area contributed by atoms with Gasteiger partial charge in [-0.1, -0.05) is 0 Å². The Bertz CT molecular complexity index is 764. The molecule has 0 aromatic heterocycles. The second-order valence-electron chi connectivity index (χ2n) is 5.48. The maximum atomic E-state index is 12.1. The van der Waals surface area contributed by atoms with Crippen LogP contribution in [-0.4, -0.2) is 33.2 Å². The largest absolute Gasteiger partial charge is 0.490 e. The molecule has 0 radical (unpaired) electrons. The van der Waals surface area contributed by atoms with E-state index in [1.165, 1.54) is 0 Å². The zero-order valence-corrected chi connectivity index (χ0v) is 14.6. The molecule has 0 heterocycles. The van der Waals surface area contributed by atoms with Crippen molar-refractivity contribution < 1.29 is 14.3 Å². The molecule has 6 heteroatoms. The molecule has 1 N–H and O–H groups in total. The minimum absolute atomic E-state index is 0.151. The van der Waals surface area contributed by atoms with Crippen molar-refractivity contribution in [1.29, 1.82) is 5.26 Å². The van der Waals surface area contributed by atoms with Crippen molar-refractivity contribution in [3.63, 3.8) is 0 Å². The van der Waals surface area contributed by atoms with Gasteiger partial charge in [-0.15, -0.1) is 0 Å². The molecule has 1 amide bonds. The first-order valence-electron chi connectivity index (χ1n) is 7.90. The zero-order valence-electron chi connectivity index (χ0n) is 14.6. The van der Waals surface area contributed by atoms with Crippen LogP contribution in [0.5, 0.6) is 11.5 Å². The maximum absolute atomic E-state index is 12.1. The summed E-state index contributed by atoms with van der Waals surface area (Å²) in [5.41, 5.74) is 2.22. The molecule has 2 aromatic carbocycles. The molecule has 2 rings (SSSR count). The van der Waals surface area contributed by atoms with Gasteiger partial charge in [-0.2, -0.15) is 5.26 Å². The number of benzene rings is 2. The van der Waals surface area contributed by atoms with E-state index in [2.05, 4.69) is 5.32 Å². The molecule has 0 fully saturated rings. The fourth-order valence-corrected chi connectivity index (χ4v) is 2.15. The van der Waals surface area contributed by atoms with E-state index < -0.39 is 0 Å². The predicted molar refractivity (Wildman–Crippen MR) is 97.2 cm³/mol. The summed E-state index contributed by atoms with van der Waals surface area (Å²) in [5.74, 6) is 0.605. The Balaban J connectivity index is 1.96. The average molecular weight is 339 g/mol. The first kappa shape index (κ1) is 18.1. The van der Waals surface area contributed by atoms with Crippen LogP contribution in [0.4, 0.5) is 11.4 Å². The van der Waals surface area contributed by atoms with Gasteiger partial charge in [0.1, 0.15) is 0 Å². The number of carbonyl (C=O) groups is 1. The number of nitrogens with zero attached hydrogens (tertiary/aromatic N) is 2. The molecule has 25 heavy (non-hydrogen) atoms. The molecule has 0 spiro atoms. The van der Waals surface area contributed by atoms with E-state index in [0.717, 1.165) is 5.69 Å². The van der Waals surface area contributed by atoms with Crippen LogP contribution in [0.25, 0.3) is 0 Å². The Hall–Kier alpha value is -3.20. The highest BCUT2D eigenvalue weighted by atomic mass is 16.5. The molecule has 0 unspecified atom stereocenters. The lowest BCUT2D eigenvalue weighted by Gasteiger charge is -2.14. The lowest BCUT2D eigenvalue weighted by atomic mass is 10.2. The Labute approximate surface area is 147 Å². The van der Waals surface area contributed by atoms with Gasteiger partial charge < -0.3 is 19.7 Å². The Morgan fingerprint density at radius 2 is 1.84 bits per heavy atom. The first-order chi connectivity index (χ1) is 12.0. The van der Waals surface area contributed by atoms with Crippen LogP contribution in [0.2, 0.25) is 0 Å². The highest BCUT2D eigenvalue weighted by Gasteiger charge is 2.09. The van der Waals surface area contributed by atoms with Gasteiger partial charge in [0.15, 0.2) is 18.1 Å². The summed E-state index contributed by atoms with van der Waals surface area (Å²) in [7, 11) is 3.91. The molecule has 130 valence electrons. The fourth-order valence-electron chi connectivity index (χ4n) is 2.15. The fraction of sp³-hybridized carbons (Fsp3) is 0.263. The molecular formula is C19H21N3O3. The second kappa shape index (κ2) is 8.60. The van der Waals surface area contributed by atoms with Gasteiger partial charge in [-0.25, -0.2) is 0 Å². The van der Waals surface area contributed by atoms with Gasteiger partial charge in [-0.05, 0) is 43.3 Å². The van der Waals surface area contributed by atoms with Gasteiger partial charge in [0.05, 0.1) is 18.2 Å². The smallest absolute Gasteiger partial charge is 0.262 e. The van der Waals surface area contributed by atoms with Crippen LogP contribution >= 0.6 is 0 Å². The maximum Gasteiger partial charge on any atom is 0.262 e. The van der Waals surface area contributed by atoms with Gasteiger partial charge in [0.25, 0.3) is 5.91 Å². The van der Waals surface area contributed by atoms with Crippen molar-refractivity contribution in [3.8, 4) is 17.6 Å². The highest BCUT2D eigenvalue weighted by molar-refractivity contribution is 5.92. The van der Waals surface area contributed by atoms with E-state index >= 15 is 0 Å². The quantitative estimate of drug-likeness (QED) is 0.839. The normalized spacial score (nSPS) is 9.84. The van der Waals surface area contributed by atoms with Crippen LogP contribution in [0.1, 0.15) is 12.5 Å². The van der Waals surface area contributed by atoms with E-state index in [0.29, 0.717) is 29.4 Å². The number of ether oxygens (including phenoxy) is 2. The van der Waals surface area contributed by atoms with Crippen molar-refractivity contribution >= 4 is 17.3 Å². The van der Waals surface area contributed by atoms with Gasteiger partial charge in [0.2, 0.25) is 0 Å². The van der Waals surface area contributed by atoms with Crippen LogP contribution in [0.15, 0.2) is 42.5 Å². The van der Waals surface area contributed by atoms with E-state index in [9.17, 15) is 4.79 Å². The van der Waals surface area contributed by atoms with Gasteiger partial charge in [-0.3, -0.25) is 4.79 Å². The number of amides is 1. The number of hydrogen-bond acceptors (Lipinski definition) is 5. The number of nitriles is 1. The molecule has 0 aliphatic carbocycles. The molecular weight excluding hydrogens is 318 g/mol. The van der Waals surface area contributed by atoms with Crippen molar-refractivity contribution in [2.24, 2.45) is 0 Å². The van der Waals surface area contributed by atoms with Crippen molar-refractivity contribution in [1.82, 2.24) is 0 Å². The van der Waals surface area contributed by atoms with Crippen molar-refractivity contribution in [2.45, 2.75) is 6.92 Å². The highest BCUT2D eigenvalue weighted by Crippen LogP contribution is 2.28. The van der Waals surface area contributed by atoms with Crippen molar-refractivity contribution in [3.05, 3.63) is 48.0 Å². The summed E-state index contributed by atoms with van der Waals surface area (Å²) < 4.78 is 11.0. The third kappa shape index (κ3) is 5.15. The average Bonchev–Trinajstić information content (AvgIpc) is 2.61. The Morgan fingerprint density at radius 3 is 2.44 bits per heavy atom. The lowest BCUT2D eigenvalue weighted by Crippen LogP contribution is -2.20. The van der Waals surface area contributed by atoms with E-state index in [1.54, 1.807) is 18.2 Å². The molecule has 0 bridgehead atoms. The van der Waals surface area contributed by atoms with Crippen LogP contribution in [-0.2, 0) is 4.79 Å². The van der Waals surface area contributed by atoms with E-state index in [4.69, 9.17) is 14.7 Å². The van der Waals surface area contributed by atoms with Gasteiger partial charge >= 0.3 is 0 Å². The number of rotatable bonds is 7. The first-order valence-corrected chi connectivity index (χ1v) is 7.90. The Kier molecular flexibility index (Phi) is 6.24. The molecule has 0 atom stereocenters. The van der Waals surface area contributed by atoms with Crippen LogP contribution in [0.3, 0.4) is 0 Å². The molecule has 0 saturated heterocycles. The summed E-state index contributed by atoms with van der Waals surface area (Å²) in [6.45, 7) is 2.13. The molecule has 6 nitrogen and oxygen atoms in total. The SMILES string of the molecule is CCOc1cc(C#N)ccc1OCC(=O)Nc1ccc(N(C)C)cc1. The summed E-state index contributed by atoms with van der Waals surface area (Å²) in [4.78, 5) is 14.0.